The highest BCUT2D eigenvalue weighted by Gasteiger charge is 2.54. The molecule has 0 unspecified atom stereocenters. The highest BCUT2D eigenvalue weighted by Crippen LogP contribution is 2.47. The average molecular weight is 418 g/mol. The van der Waals surface area contributed by atoms with Gasteiger partial charge in [-0.2, -0.15) is 0 Å². The minimum absolute atomic E-state index is 0.0273. The molecule has 0 spiro atoms. The van der Waals surface area contributed by atoms with Crippen molar-refractivity contribution in [2.45, 2.75) is 56.9 Å². The number of thioether (sulfide) groups is 2. The zero-order chi connectivity index (χ0) is 19.9. The van der Waals surface area contributed by atoms with E-state index >= 15 is 0 Å². The third-order valence-electron chi connectivity index (χ3n) is 5.76. The maximum atomic E-state index is 13.5. The van der Waals surface area contributed by atoms with E-state index in [4.69, 9.17) is 4.99 Å². The molecule has 150 valence electrons. The van der Waals surface area contributed by atoms with Crippen LogP contribution in [0.4, 0.5) is 5.69 Å². The van der Waals surface area contributed by atoms with Gasteiger partial charge in [0.15, 0.2) is 5.17 Å². The van der Waals surface area contributed by atoms with Crippen molar-refractivity contribution < 1.29 is 9.59 Å². The number of hydrogen-bond donors (Lipinski definition) is 0. The number of hydrogen-bond acceptors (Lipinski definition) is 5. The summed E-state index contributed by atoms with van der Waals surface area (Å²) in [5.74, 6) is 2.15. The molecule has 4 rings (SSSR count). The fourth-order valence-electron chi connectivity index (χ4n) is 4.22. The number of carbonyl (C=O) groups excluding carboxylic acids is 2. The van der Waals surface area contributed by atoms with Crippen molar-refractivity contribution in [3.63, 3.8) is 0 Å². The Bertz CT molecular complexity index is 826. The first-order valence-electron chi connectivity index (χ1n) is 9.98. The van der Waals surface area contributed by atoms with Crippen molar-refractivity contribution in [1.82, 2.24) is 9.80 Å². The smallest absolute Gasteiger partial charge is 0.252 e. The van der Waals surface area contributed by atoms with E-state index in [0.717, 1.165) is 29.4 Å². The summed E-state index contributed by atoms with van der Waals surface area (Å²) in [6.07, 6.45) is 2.33. The lowest BCUT2D eigenvalue weighted by atomic mass is 10.0. The van der Waals surface area contributed by atoms with Gasteiger partial charge < -0.3 is 4.90 Å². The van der Waals surface area contributed by atoms with Crippen LogP contribution in [0.3, 0.4) is 0 Å². The van der Waals surface area contributed by atoms with Crippen molar-refractivity contribution in [1.29, 1.82) is 0 Å². The van der Waals surface area contributed by atoms with Crippen molar-refractivity contribution in [3.05, 3.63) is 29.8 Å². The molecule has 2 atom stereocenters. The van der Waals surface area contributed by atoms with Gasteiger partial charge >= 0.3 is 0 Å². The maximum absolute atomic E-state index is 13.5. The van der Waals surface area contributed by atoms with Crippen LogP contribution < -0.4 is 0 Å². The second-order valence-corrected chi connectivity index (χ2v) is 10.6. The second kappa shape index (κ2) is 7.75. The molecule has 0 bridgehead atoms. The molecule has 3 saturated heterocycles. The first kappa shape index (κ1) is 19.8. The minimum atomic E-state index is -0.366. The molecular formula is C21H27N3O2S2. The number of amides is 2. The van der Waals surface area contributed by atoms with E-state index in [1.165, 1.54) is 5.56 Å². The van der Waals surface area contributed by atoms with Gasteiger partial charge in [-0.25, -0.2) is 4.99 Å². The topological polar surface area (TPSA) is 53.0 Å². The van der Waals surface area contributed by atoms with Crippen LogP contribution in [0.5, 0.6) is 0 Å². The van der Waals surface area contributed by atoms with Crippen LogP contribution in [0.2, 0.25) is 0 Å². The summed E-state index contributed by atoms with van der Waals surface area (Å²) >= 11 is 3.39. The number of nitrogens with zero attached hydrogens (tertiary/aromatic N) is 3. The van der Waals surface area contributed by atoms with Crippen LogP contribution in [0.25, 0.3) is 0 Å². The van der Waals surface area contributed by atoms with Crippen LogP contribution in [-0.4, -0.2) is 55.7 Å². The Hall–Kier alpha value is -1.47. The zero-order valence-electron chi connectivity index (χ0n) is 16.7. The Balaban J connectivity index is 1.63. The molecule has 28 heavy (non-hydrogen) atoms. The molecular weight excluding hydrogens is 390 g/mol. The lowest BCUT2D eigenvalue weighted by Crippen LogP contribution is -2.53. The number of aliphatic imine (C=N–C) groups is 1. The van der Waals surface area contributed by atoms with Gasteiger partial charge in [0, 0.05) is 24.5 Å². The fraction of sp³-hybridized carbons (Fsp3) is 0.571. The van der Waals surface area contributed by atoms with Crippen molar-refractivity contribution in [2.75, 3.05) is 18.1 Å². The molecule has 5 nitrogen and oxygen atoms in total. The Morgan fingerprint density at radius 3 is 2.89 bits per heavy atom. The average Bonchev–Trinajstić information content (AvgIpc) is 3.18. The Labute approximate surface area is 175 Å². The van der Waals surface area contributed by atoms with E-state index in [0.29, 0.717) is 24.6 Å². The molecule has 1 aromatic rings. The Morgan fingerprint density at radius 1 is 1.32 bits per heavy atom. The number of rotatable bonds is 3. The maximum Gasteiger partial charge on any atom is 0.252 e. The first-order valence-corrected chi connectivity index (χ1v) is 12.0. The molecule has 0 radical (unpaired) electrons. The SMILES string of the molecule is CC(C)c1ccccc1N=C1SCCCN1C(=O)[C@@H]1CS[C@]2(C)CCC(=O)N12. The van der Waals surface area contributed by atoms with Gasteiger partial charge in [0.1, 0.15) is 6.04 Å². The third-order valence-corrected chi connectivity index (χ3v) is 8.33. The van der Waals surface area contributed by atoms with Crippen LogP contribution in [0.1, 0.15) is 51.5 Å². The van der Waals surface area contributed by atoms with E-state index in [2.05, 4.69) is 26.8 Å². The quantitative estimate of drug-likeness (QED) is 0.739. The summed E-state index contributed by atoms with van der Waals surface area (Å²) in [5.41, 5.74) is 2.12. The Kier molecular flexibility index (Phi) is 5.49. The van der Waals surface area contributed by atoms with E-state index in [1.54, 1.807) is 23.5 Å². The van der Waals surface area contributed by atoms with Gasteiger partial charge in [-0.1, -0.05) is 43.8 Å². The van der Waals surface area contributed by atoms with E-state index in [9.17, 15) is 9.59 Å². The van der Waals surface area contributed by atoms with Gasteiger partial charge in [0.25, 0.3) is 5.91 Å². The largest absolute Gasteiger partial charge is 0.315 e. The fourth-order valence-corrected chi connectivity index (χ4v) is 6.60. The summed E-state index contributed by atoms with van der Waals surface area (Å²) in [7, 11) is 0. The monoisotopic (exact) mass is 417 g/mol. The molecule has 7 heteroatoms. The number of carbonyl (C=O) groups is 2. The Morgan fingerprint density at radius 2 is 2.11 bits per heavy atom. The van der Waals surface area contributed by atoms with Crippen LogP contribution in [-0.2, 0) is 9.59 Å². The van der Waals surface area contributed by atoms with Gasteiger partial charge in [-0.05, 0) is 37.3 Å². The standard InChI is InChI=1S/C21H27N3O2S2/c1-14(2)15-7-4-5-8-16(15)22-20-23(11-6-12-27-20)19(26)17-13-28-21(3)10-9-18(25)24(17)21/h4-5,7-8,14,17H,6,9-13H2,1-3H3/t17-,21+/m0/s1. The second-order valence-electron chi connectivity index (χ2n) is 8.07. The highest BCUT2D eigenvalue weighted by atomic mass is 32.2. The van der Waals surface area contributed by atoms with Crippen molar-refractivity contribution in [3.8, 4) is 0 Å². The van der Waals surface area contributed by atoms with Gasteiger partial charge in [-0.15, -0.1) is 11.8 Å². The molecule has 0 N–H and O–H groups in total. The molecule has 0 saturated carbocycles. The summed E-state index contributed by atoms with van der Waals surface area (Å²) in [5, 5.41) is 0.773. The van der Waals surface area contributed by atoms with Crippen LogP contribution >= 0.6 is 23.5 Å². The van der Waals surface area contributed by atoms with Gasteiger partial charge in [-0.3, -0.25) is 14.5 Å². The molecule has 3 fully saturated rings. The third kappa shape index (κ3) is 3.47. The van der Waals surface area contributed by atoms with Crippen LogP contribution in [0.15, 0.2) is 29.3 Å². The lowest BCUT2D eigenvalue weighted by Gasteiger charge is -2.34. The highest BCUT2D eigenvalue weighted by molar-refractivity contribution is 8.13. The molecule has 3 aliphatic heterocycles. The van der Waals surface area contributed by atoms with Crippen molar-refractivity contribution in [2.24, 2.45) is 4.99 Å². The summed E-state index contributed by atoms with van der Waals surface area (Å²) in [6.45, 7) is 7.08. The lowest BCUT2D eigenvalue weighted by molar-refractivity contribution is -0.141. The molecule has 1 aromatic carbocycles. The van der Waals surface area contributed by atoms with E-state index < -0.39 is 0 Å². The molecule has 3 aliphatic rings. The van der Waals surface area contributed by atoms with Crippen molar-refractivity contribution >= 4 is 46.2 Å². The molecule has 2 amide bonds. The van der Waals surface area contributed by atoms with E-state index in [-0.39, 0.29) is 22.7 Å². The predicted octanol–water partition coefficient (Wildman–Crippen LogP) is 4.22. The number of para-hydroxylation sites is 1. The normalized spacial score (nSPS) is 29.1. The first-order chi connectivity index (χ1) is 13.4. The molecule has 0 aliphatic carbocycles. The van der Waals surface area contributed by atoms with Gasteiger partial charge in [0.05, 0.1) is 10.6 Å². The minimum Gasteiger partial charge on any atom is -0.315 e. The number of amidine groups is 1. The van der Waals surface area contributed by atoms with Crippen LogP contribution in [0, 0.1) is 0 Å². The molecule has 0 aromatic heterocycles. The zero-order valence-corrected chi connectivity index (χ0v) is 18.3. The summed E-state index contributed by atoms with van der Waals surface area (Å²) in [6, 6.07) is 7.78. The predicted molar refractivity (Wildman–Crippen MR) is 117 cm³/mol. The van der Waals surface area contributed by atoms with E-state index in [1.807, 2.05) is 28.0 Å². The van der Waals surface area contributed by atoms with Gasteiger partial charge in [0.2, 0.25) is 5.91 Å². The summed E-state index contributed by atoms with van der Waals surface area (Å²) in [4.78, 5) is 34.3. The molecule has 3 heterocycles. The number of benzene rings is 1. The number of fused-ring (bicyclic) bond motifs is 1. The summed E-state index contributed by atoms with van der Waals surface area (Å²) < 4.78 is 0.